The second kappa shape index (κ2) is 16.0. The van der Waals surface area contributed by atoms with Crippen molar-refractivity contribution in [3.8, 4) is 11.1 Å². The van der Waals surface area contributed by atoms with Crippen LogP contribution in [-0.2, 0) is 24.2 Å². The minimum Gasteiger partial charge on any atom is -1.00 e. The van der Waals surface area contributed by atoms with Crippen LogP contribution in [0.15, 0.2) is 72.8 Å². The quantitative estimate of drug-likeness (QED) is 0.209. The number of halogens is 2. The Labute approximate surface area is 312 Å². The predicted molar refractivity (Wildman–Crippen MR) is 194 cm³/mol. The molecule has 0 saturated heterocycles. The summed E-state index contributed by atoms with van der Waals surface area (Å²) in [6.45, 7) is 25.5. The summed E-state index contributed by atoms with van der Waals surface area (Å²) in [6.07, 6.45) is 7.55. The molecule has 0 heterocycles. The Hall–Kier alpha value is -2.18. The number of hydrogen-bond donors (Lipinski definition) is 0. The fourth-order valence-corrected chi connectivity index (χ4v) is 7.83. The summed E-state index contributed by atoms with van der Waals surface area (Å²) in [6, 6.07) is 22.1. The van der Waals surface area contributed by atoms with Crippen LogP contribution in [0, 0.1) is 50.5 Å². The standard InChI is InChI=1S/C29H33.C12H11.C3H6.2ClH.Zr/c1-14-13-24-25(18(5)15(14)2)21(8)28-27-20(7)17(4)16(3)19(6)26(27)22-11-9-10-12-23(22)29(24)28;1-10-7-8-12(9-10)11-5-3-2-4-6-11;1-3-2;;;/h9-13,16-17,19,21H,1-8H3;2-6,8-10H,1H3;1-2H3;2*1H;/q2*-1;;;;+2/p-2. The van der Waals surface area contributed by atoms with Gasteiger partial charge in [0.15, 0.2) is 0 Å². The maximum absolute atomic E-state index is 3.25. The van der Waals surface area contributed by atoms with E-state index in [-0.39, 0.29) is 24.8 Å². The number of benzene rings is 4. The van der Waals surface area contributed by atoms with Gasteiger partial charge in [0.2, 0.25) is 0 Å². The van der Waals surface area contributed by atoms with Gasteiger partial charge in [0, 0.05) is 0 Å². The van der Waals surface area contributed by atoms with Gasteiger partial charge in [0.1, 0.15) is 0 Å². The number of fused-ring (bicyclic) bond motifs is 8. The Bertz CT molecular complexity index is 1810. The Kier molecular flexibility index (Phi) is 13.4. The zero-order valence-electron chi connectivity index (χ0n) is 30.1. The molecule has 5 unspecified atom stereocenters. The third kappa shape index (κ3) is 7.39. The first-order chi connectivity index (χ1) is 21.3. The zero-order chi connectivity index (χ0) is 32.7. The first-order valence-corrected chi connectivity index (χ1v) is 18.0. The summed E-state index contributed by atoms with van der Waals surface area (Å²) in [5, 5.41) is 2.93. The molecule has 4 aromatic rings. The van der Waals surface area contributed by atoms with Crippen molar-refractivity contribution in [1.82, 2.24) is 0 Å². The van der Waals surface area contributed by atoms with Gasteiger partial charge < -0.3 is 24.8 Å². The van der Waals surface area contributed by atoms with E-state index in [0.29, 0.717) is 29.6 Å². The van der Waals surface area contributed by atoms with Crippen LogP contribution >= 0.6 is 0 Å². The van der Waals surface area contributed by atoms with Crippen LogP contribution < -0.4 is 24.8 Å². The van der Waals surface area contributed by atoms with Crippen molar-refractivity contribution in [2.75, 3.05) is 0 Å². The molecule has 246 valence electrons. The number of allylic oxidation sites excluding steroid dienone is 4. The topological polar surface area (TPSA) is 0 Å². The third-order valence-electron chi connectivity index (χ3n) is 10.8. The van der Waals surface area contributed by atoms with E-state index in [1.165, 1.54) is 52.9 Å². The van der Waals surface area contributed by atoms with Gasteiger partial charge in [0.25, 0.3) is 0 Å². The van der Waals surface area contributed by atoms with E-state index >= 15 is 0 Å². The van der Waals surface area contributed by atoms with Crippen LogP contribution in [-0.4, -0.2) is 3.21 Å². The SMILES string of the molecule is CC1[C-]=CC(c2ccccc2)=C1.C[C](C)=[Zr+2].Cc1cc2c(c(C)c1C)C(C)c1c3c(c4ccccc4c1-2)C(C)C(C)C(C)[C-]3C.[Cl-].[Cl-]. The molecule has 0 spiro atoms. The summed E-state index contributed by atoms with van der Waals surface area (Å²) >= 11 is 1.55. The predicted octanol–water partition coefficient (Wildman–Crippen LogP) is 6.06. The van der Waals surface area contributed by atoms with Crippen molar-refractivity contribution in [2.24, 2.45) is 17.8 Å². The van der Waals surface area contributed by atoms with Crippen molar-refractivity contribution in [3.63, 3.8) is 0 Å². The molecule has 5 atom stereocenters. The van der Waals surface area contributed by atoms with E-state index < -0.39 is 0 Å². The summed E-state index contributed by atoms with van der Waals surface area (Å²) in [4.78, 5) is 0. The van der Waals surface area contributed by atoms with Gasteiger partial charge in [-0.25, -0.2) is 6.08 Å². The average molecular weight is 741 g/mol. The van der Waals surface area contributed by atoms with Crippen molar-refractivity contribution in [3.05, 3.63) is 129 Å². The second-order valence-corrected chi connectivity index (χ2v) is 16.4. The smallest absolute Gasteiger partial charge is 0.0264 e. The Morgan fingerprint density at radius 3 is 1.91 bits per heavy atom. The van der Waals surface area contributed by atoms with Gasteiger partial charge in [-0.3, -0.25) is 6.08 Å². The molecule has 3 aliphatic carbocycles. The number of aryl methyl sites for hydroxylation is 1. The molecule has 7 rings (SSSR count). The minimum atomic E-state index is 0. The first-order valence-electron chi connectivity index (χ1n) is 16.8. The Morgan fingerprint density at radius 2 is 1.34 bits per heavy atom. The summed E-state index contributed by atoms with van der Waals surface area (Å²) in [7, 11) is 0. The monoisotopic (exact) mass is 738 g/mol. The molecule has 0 nitrogen and oxygen atoms in total. The molecule has 4 aromatic carbocycles. The molecular formula is C44H50Cl2Zr-2. The number of hydrogen-bond acceptors (Lipinski definition) is 0. The molecule has 0 N–H and O–H groups in total. The van der Waals surface area contributed by atoms with Crippen LogP contribution in [0.4, 0.5) is 0 Å². The summed E-state index contributed by atoms with van der Waals surface area (Å²) in [5.41, 5.74) is 16.3. The maximum atomic E-state index is 3.25. The maximum Gasteiger partial charge on any atom is -0.0264 e. The molecule has 0 aromatic heterocycles. The van der Waals surface area contributed by atoms with Crippen molar-refractivity contribution < 1.29 is 49.0 Å². The van der Waals surface area contributed by atoms with E-state index in [0.717, 1.165) is 0 Å². The molecule has 0 amide bonds. The van der Waals surface area contributed by atoms with Crippen LogP contribution in [0.5, 0.6) is 0 Å². The van der Waals surface area contributed by atoms with E-state index in [1.54, 1.807) is 52.4 Å². The fraction of sp³-hybridized carbons (Fsp3) is 0.364. The first kappa shape index (κ1) is 39.3. The normalized spacial score (nSPS) is 21.5. The Morgan fingerprint density at radius 1 is 0.766 bits per heavy atom. The van der Waals surface area contributed by atoms with Gasteiger partial charge in [-0.1, -0.05) is 137 Å². The van der Waals surface area contributed by atoms with E-state index in [4.69, 9.17) is 0 Å². The van der Waals surface area contributed by atoms with Gasteiger partial charge in [-0.2, -0.15) is 23.1 Å². The molecule has 0 aliphatic heterocycles. The largest absolute Gasteiger partial charge is 1.00 e. The second-order valence-electron chi connectivity index (χ2n) is 14.0. The van der Waals surface area contributed by atoms with Gasteiger partial charge >= 0.3 is 41.3 Å². The average Bonchev–Trinajstić information content (AvgIpc) is 3.58. The molecular weight excluding hydrogens is 691 g/mol. The van der Waals surface area contributed by atoms with E-state index in [9.17, 15) is 0 Å². The van der Waals surface area contributed by atoms with E-state index in [1.807, 2.05) is 6.07 Å². The summed E-state index contributed by atoms with van der Waals surface area (Å²) in [5.74, 6) is 4.41. The van der Waals surface area contributed by atoms with Crippen LogP contribution in [0.1, 0.15) is 112 Å². The number of rotatable bonds is 1. The van der Waals surface area contributed by atoms with Crippen LogP contribution in [0.2, 0.25) is 0 Å². The van der Waals surface area contributed by atoms with Gasteiger partial charge in [-0.15, -0.1) is 16.7 Å². The molecule has 0 saturated carbocycles. The molecule has 0 fully saturated rings. The molecule has 0 radical (unpaired) electrons. The molecule has 0 bridgehead atoms. The van der Waals surface area contributed by atoms with Gasteiger partial charge in [-0.05, 0) is 59.9 Å². The van der Waals surface area contributed by atoms with Crippen LogP contribution in [0.25, 0.3) is 27.5 Å². The third-order valence-corrected chi connectivity index (χ3v) is 10.8. The zero-order valence-corrected chi connectivity index (χ0v) is 34.0. The molecule has 3 aliphatic rings. The van der Waals surface area contributed by atoms with Crippen molar-refractivity contribution in [1.29, 1.82) is 0 Å². The van der Waals surface area contributed by atoms with Crippen LogP contribution in [0.3, 0.4) is 0 Å². The van der Waals surface area contributed by atoms with E-state index in [2.05, 4.69) is 149 Å². The van der Waals surface area contributed by atoms with Crippen molar-refractivity contribution in [2.45, 2.75) is 88.0 Å². The Balaban J connectivity index is 0.000000279. The fourth-order valence-electron chi connectivity index (χ4n) is 7.83. The van der Waals surface area contributed by atoms with Crippen molar-refractivity contribution >= 4 is 19.6 Å². The van der Waals surface area contributed by atoms with Gasteiger partial charge in [0.05, 0.1) is 0 Å². The molecule has 3 heteroatoms. The summed E-state index contributed by atoms with van der Waals surface area (Å²) < 4.78 is 1.51. The minimum absolute atomic E-state index is 0. The molecule has 47 heavy (non-hydrogen) atoms.